The molecule has 0 aromatic carbocycles. The van der Waals surface area contributed by atoms with E-state index in [1.54, 1.807) is 0 Å². The van der Waals surface area contributed by atoms with Gasteiger partial charge in [-0.2, -0.15) is 0 Å². The lowest BCUT2D eigenvalue weighted by molar-refractivity contribution is -0.125. The maximum atomic E-state index is 11.4. The Morgan fingerprint density at radius 2 is 1.64 bits per heavy atom. The summed E-state index contributed by atoms with van der Waals surface area (Å²) in [5, 5.41) is 0. The molecule has 2 N–H and O–H groups in total. The van der Waals surface area contributed by atoms with Gasteiger partial charge in [0.1, 0.15) is 0 Å². The number of hydrogen-bond donors (Lipinski definition) is 1. The second kappa shape index (κ2) is 3.35. The summed E-state index contributed by atoms with van der Waals surface area (Å²) in [5.41, 5.74) is 5.64. The zero-order valence-electron chi connectivity index (χ0n) is 8.14. The number of carbonyl (C=O) groups excluding carboxylic acids is 1. The molecule has 0 aliphatic heterocycles. The smallest absolute Gasteiger partial charge is 0.152 e. The van der Waals surface area contributed by atoms with Gasteiger partial charge in [-0.25, -0.2) is 0 Å². The minimum atomic E-state index is -0.331. The molecule has 0 radical (unpaired) electrons. The van der Waals surface area contributed by atoms with E-state index in [-0.39, 0.29) is 23.2 Å². The molecule has 0 heterocycles. The van der Waals surface area contributed by atoms with E-state index in [9.17, 15) is 4.79 Å². The molecule has 0 aromatic heterocycles. The van der Waals surface area contributed by atoms with Gasteiger partial charge in [0, 0.05) is 5.92 Å². The van der Waals surface area contributed by atoms with Crippen LogP contribution in [0.3, 0.4) is 0 Å². The molecule has 1 atom stereocenters. The van der Waals surface area contributed by atoms with Gasteiger partial charge in [-0.1, -0.05) is 34.6 Å². The van der Waals surface area contributed by atoms with E-state index in [0.29, 0.717) is 0 Å². The van der Waals surface area contributed by atoms with Gasteiger partial charge in [-0.15, -0.1) is 0 Å². The highest BCUT2D eigenvalue weighted by atomic mass is 16.1. The summed E-state index contributed by atoms with van der Waals surface area (Å²) in [4.78, 5) is 11.4. The molecule has 0 aromatic rings. The molecule has 0 amide bonds. The van der Waals surface area contributed by atoms with E-state index in [4.69, 9.17) is 5.73 Å². The highest BCUT2D eigenvalue weighted by Gasteiger charge is 2.28. The Balaban J connectivity index is 4.26. The van der Waals surface area contributed by atoms with Crippen LogP contribution in [0.25, 0.3) is 0 Å². The summed E-state index contributed by atoms with van der Waals surface area (Å²) >= 11 is 0. The molecule has 11 heavy (non-hydrogen) atoms. The predicted molar refractivity (Wildman–Crippen MR) is 47.3 cm³/mol. The third-order valence-electron chi connectivity index (χ3n) is 1.81. The molecule has 1 unspecified atom stereocenters. The van der Waals surface area contributed by atoms with Crippen LogP contribution in [-0.4, -0.2) is 11.8 Å². The quantitative estimate of drug-likeness (QED) is 0.661. The molecule has 0 rings (SSSR count). The first-order chi connectivity index (χ1) is 4.76. The minimum absolute atomic E-state index is 0.0456. The fourth-order valence-electron chi connectivity index (χ4n) is 0.786. The van der Waals surface area contributed by atoms with Crippen LogP contribution >= 0.6 is 0 Å². The van der Waals surface area contributed by atoms with E-state index in [0.717, 1.165) is 0 Å². The predicted octanol–water partition coefficient (Wildman–Crippen LogP) is 1.58. The first kappa shape index (κ1) is 10.6. The number of ketones is 1. The number of nitrogens with two attached hydrogens (primary N) is 1. The van der Waals surface area contributed by atoms with Crippen LogP contribution in [0.1, 0.15) is 34.6 Å². The molecule has 2 nitrogen and oxygen atoms in total. The minimum Gasteiger partial charge on any atom is -0.321 e. The van der Waals surface area contributed by atoms with Gasteiger partial charge < -0.3 is 5.73 Å². The molecule has 0 fully saturated rings. The largest absolute Gasteiger partial charge is 0.321 e. The zero-order chi connectivity index (χ0) is 9.23. The third kappa shape index (κ3) is 3.02. The van der Waals surface area contributed by atoms with Gasteiger partial charge in [0.15, 0.2) is 5.78 Å². The Hall–Kier alpha value is -0.370. The van der Waals surface area contributed by atoms with Gasteiger partial charge in [0.2, 0.25) is 0 Å². The lowest BCUT2D eigenvalue weighted by Gasteiger charge is -2.26. The molecule has 0 saturated heterocycles. The maximum absolute atomic E-state index is 11.4. The van der Waals surface area contributed by atoms with Crippen molar-refractivity contribution in [2.45, 2.75) is 40.7 Å². The molecule has 0 bridgehead atoms. The molecule has 2 heteroatoms. The number of hydrogen-bond acceptors (Lipinski definition) is 2. The van der Waals surface area contributed by atoms with Crippen LogP contribution in [0.5, 0.6) is 0 Å². The second-order valence-corrected chi connectivity index (χ2v) is 4.40. The van der Waals surface area contributed by atoms with Crippen molar-refractivity contribution in [1.29, 1.82) is 0 Å². The number of rotatable bonds is 2. The fraction of sp³-hybridized carbons (Fsp3) is 0.889. The van der Waals surface area contributed by atoms with Crippen LogP contribution in [0.2, 0.25) is 0 Å². The third-order valence-corrected chi connectivity index (χ3v) is 1.81. The molecule has 0 spiro atoms. The monoisotopic (exact) mass is 157 g/mol. The van der Waals surface area contributed by atoms with Crippen LogP contribution in [0.4, 0.5) is 0 Å². The van der Waals surface area contributed by atoms with E-state index in [1.807, 2.05) is 34.6 Å². The molecule has 0 aliphatic carbocycles. The molecule has 0 saturated carbocycles. The van der Waals surface area contributed by atoms with Crippen molar-refractivity contribution >= 4 is 5.78 Å². The lowest BCUT2D eigenvalue weighted by Crippen LogP contribution is -2.44. The first-order valence-electron chi connectivity index (χ1n) is 4.06. The summed E-state index contributed by atoms with van der Waals surface area (Å²) in [7, 11) is 0. The normalized spacial score (nSPS) is 15.2. The Morgan fingerprint density at radius 3 is 1.73 bits per heavy atom. The summed E-state index contributed by atoms with van der Waals surface area (Å²) in [6.45, 7) is 9.72. The summed E-state index contributed by atoms with van der Waals surface area (Å²) in [5.74, 6) is 0.196. The topological polar surface area (TPSA) is 43.1 Å². The zero-order valence-corrected chi connectivity index (χ0v) is 8.14. The van der Waals surface area contributed by atoms with Gasteiger partial charge in [0.25, 0.3) is 0 Å². The number of carbonyl (C=O) groups is 1. The van der Waals surface area contributed by atoms with Crippen molar-refractivity contribution < 1.29 is 4.79 Å². The van der Waals surface area contributed by atoms with E-state index >= 15 is 0 Å². The Labute approximate surface area is 69.2 Å². The van der Waals surface area contributed by atoms with Gasteiger partial charge in [-0.05, 0) is 5.41 Å². The van der Waals surface area contributed by atoms with Crippen molar-refractivity contribution in [3.63, 3.8) is 0 Å². The average Bonchev–Trinajstić information content (AvgIpc) is 1.82. The van der Waals surface area contributed by atoms with Crippen molar-refractivity contribution in [2.75, 3.05) is 0 Å². The highest BCUT2D eigenvalue weighted by molar-refractivity contribution is 5.86. The Bertz CT molecular complexity index is 144. The summed E-state index contributed by atoms with van der Waals surface area (Å²) in [6.07, 6.45) is 0. The fourth-order valence-corrected chi connectivity index (χ4v) is 0.786. The van der Waals surface area contributed by atoms with E-state index in [2.05, 4.69) is 0 Å². The van der Waals surface area contributed by atoms with Crippen molar-refractivity contribution in [1.82, 2.24) is 0 Å². The standard InChI is InChI=1S/C9H19NO/c1-6(2)7(11)8(10)9(3,4)5/h6,8H,10H2,1-5H3. The van der Waals surface area contributed by atoms with E-state index < -0.39 is 0 Å². The van der Waals surface area contributed by atoms with Gasteiger partial charge in [-0.3, -0.25) is 4.79 Å². The Kier molecular flexibility index (Phi) is 3.24. The van der Waals surface area contributed by atoms with Gasteiger partial charge >= 0.3 is 0 Å². The van der Waals surface area contributed by atoms with Crippen molar-refractivity contribution in [2.24, 2.45) is 17.1 Å². The van der Waals surface area contributed by atoms with Crippen LogP contribution < -0.4 is 5.73 Å². The Morgan fingerprint density at radius 1 is 1.27 bits per heavy atom. The first-order valence-corrected chi connectivity index (χ1v) is 4.06. The van der Waals surface area contributed by atoms with Gasteiger partial charge in [0.05, 0.1) is 6.04 Å². The van der Waals surface area contributed by atoms with Crippen LogP contribution in [0.15, 0.2) is 0 Å². The molecular weight excluding hydrogens is 138 g/mol. The molecular formula is C9H19NO. The van der Waals surface area contributed by atoms with Crippen molar-refractivity contribution in [3.8, 4) is 0 Å². The number of Topliss-reactive ketones (excluding diaryl/α,β-unsaturated/α-hetero) is 1. The second-order valence-electron chi connectivity index (χ2n) is 4.40. The van der Waals surface area contributed by atoms with E-state index in [1.165, 1.54) is 0 Å². The molecule has 0 aliphatic rings. The summed E-state index contributed by atoms with van der Waals surface area (Å²) < 4.78 is 0. The lowest BCUT2D eigenvalue weighted by atomic mass is 9.82. The molecule has 66 valence electrons. The van der Waals surface area contributed by atoms with Crippen LogP contribution in [0, 0.1) is 11.3 Å². The highest BCUT2D eigenvalue weighted by Crippen LogP contribution is 2.19. The average molecular weight is 157 g/mol. The maximum Gasteiger partial charge on any atom is 0.152 e. The van der Waals surface area contributed by atoms with Crippen LogP contribution in [-0.2, 0) is 4.79 Å². The SMILES string of the molecule is CC(C)C(=O)C(N)C(C)(C)C. The van der Waals surface area contributed by atoms with Crippen molar-refractivity contribution in [3.05, 3.63) is 0 Å². The summed E-state index contributed by atoms with van der Waals surface area (Å²) in [6, 6.07) is -0.331.